The van der Waals surface area contributed by atoms with Crippen molar-refractivity contribution in [1.29, 1.82) is 0 Å². The number of ether oxygens (including phenoxy) is 1. The predicted molar refractivity (Wildman–Crippen MR) is 125 cm³/mol. The summed E-state index contributed by atoms with van der Waals surface area (Å²) in [5, 5.41) is 2.58. The first-order valence-electron chi connectivity index (χ1n) is 9.13. The summed E-state index contributed by atoms with van der Waals surface area (Å²) in [5.41, 5.74) is 2.51. The quantitative estimate of drug-likeness (QED) is 0.300. The lowest BCUT2D eigenvalue weighted by molar-refractivity contribution is 0.246. The molecule has 27 heavy (non-hydrogen) atoms. The lowest BCUT2D eigenvalue weighted by Gasteiger charge is -2.03. The highest BCUT2D eigenvalue weighted by molar-refractivity contribution is 5.85. The summed E-state index contributed by atoms with van der Waals surface area (Å²) in [6.07, 6.45) is 10.9. The molecule has 1 nitrogen and oxygen atoms in total. The molecule has 0 aliphatic heterocycles. The molecule has 0 heterocycles. The fourth-order valence-electron chi connectivity index (χ4n) is 1.84. The minimum atomic E-state index is 0.340. The van der Waals surface area contributed by atoms with Crippen LogP contribution in [0.25, 0.3) is 16.8 Å². The second-order valence-corrected chi connectivity index (χ2v) is 5.12. The maximum Gasteiger partial charge on any atom is 0.148 e. The number of benzene rings is 2. The Kier molecular flexibility index (Phi) is 17.3. The van der Waals surface area contributed by atoms with Gasteiger partial charge in [0, 0.05) is 6.42 Å². The van der Waals surface area contributed by atoms with Crippen LogP contribution in [-0.4, -0.2) is 6.61 Å². The van der Waals surface area contributed by atoms with Crippen molar-refractivity contribution in [2.45, 2.75) is 34.1 Å². The molecule has 0 fully saturated rings. The molecular formula is C26H34O. The molecule has 0 atom stereocenters. The number of fused-ring (bicyclic) bond motifs is 1. The molecule has 144 valence electrons. The van der Waals surface area contributed by atoms with E-state index in [2.05, 4.69) is 75.6 Å². The van der Waals surface area contributed by atoms with E-state index in [4.69, 9.17) is 11.2 Å². The normalized spacial score (nSPS) is 8.11. The molecule has 0 bridgehead atoms. The van der Waals surface area contributed by atoms with Gasteiger partial charge in [-0.3, -0.25) is 0 Å². The minimum Gasteiger partial charge on any atom is -0.486 e. The summed E-state index contributed by atoms with van der Waals surface area (Å²) < 4.78 is 4.91. The van der Waals surface area contributed by atoms with Crippen molar-refractivity contribution in [3.63, 3.8) is 0 Å². The maximum atomic E-state index is 4.92. The first-order chi connectivity index (χ1) is 13.0. The number of terminal acetylenes is 1. The minimum absolute atomic E-state index is 0.340. The Morgan fingerprint density at radius 3 is 2.00 bits per heavy atom. The van der Waals surface area contributed by atoms with E-state index in [9.17, 15) is 0 Å². The van der Waals surface area contributed by atoms with Crippen LogP contribution in [0, 0.1) is 19.3 Å². The average molecular weight is 363 g/mol. The topological polar surface area (TPSA) is 9.23 Å². The van der Waals surface area contributed by atoms with Crippen molar-refractivity contribution in [1.82, 2.24) is 0 Å². The Morgan fingerprint density at radius 2 is 1.59 bits per heavy atom. The van der Waals surface area contributed by atoms with Gasteiger partial charge in [-0.1, -0.05) is 102 Å². The Hall–Kier alpha value is -2.98. The van der Waals surface area contributed by atoms with Crippen LogP contribution in [0.15, 0.2) is 80.6 Å². The molecule has 0 aliphatic carbocycles. The predicted octanol–water partition coefficient (Wildman–Crippen LogP) is 7.74. The smallest absolute Gasteiger partial charge is 0.148 e. The summed E-state index contributed by atoms with van der Waals surface area (Å²) in [5.74, 6) is 3.10. The van der Waals surface area contributed by atoms with E-state index in [0.717, 1.165) is 12.2 Å². The number of hydrogen-bond acceptors (Lipinski definition) is 1. The van der Waals surface area contributed by atoms with E-state index in [1.54, 1.807) is 12.2 Å². The van der Waals surface area contributed by atoms with Gasteiger partial charge in [0.25, 0.3) is 0 Å². The fraction of sp³-hybridized carbons (Fsp3) is 0.231. The van der Waals surface area contributed by atoms with E-state index >= 15 is 0 Å². The lowest BCUT2D eigenvalue weighted by Crippen LogP contribution is -1.88. The Bertz CT molecular complexity index is 738. The fourth-order valence-corrected chi connectivity index (χ4v) is 1.84. The molecule has 0 saturated heterocycles. The molecule has 2 aromatic carbocycles. The molecule has 0 radical (unpaired) electrons. The van der Waals surface area contributed by atoms with E-state index in [-0.39, 0.29) is 0 Å². The standard InChI is InChI=1S/C13H12.C7H10O.C4H6.C2H6/c1-3-11-9-13-7-5-4-6-12(13)8-10(11)2;1-4-6-8-7(3)5-2;1-3-4-2;1-2/h3-9H,1H2,2H3;1H,3,5-6H2,2H3;3-4H,1-2H2;1-2H3. The Morgan fingerprint density at radius 1 is 1.07 bits per heavy atom. The third-order valence-corrected chi connectivity index (χ3v) is 3.27. The van der Waals surface area contributed by atoms with Crippen LogP contribution < -0.4 is 0 Å². The van der Waals surface area contributed by atoms with Crippen molar-refractivity contribution in [3.8, 4) is 12.3 Å². The molecule has 2 rings (SSSR count). The largest absolute Gasteiger partial charge is 0.486 e. The van der Waals surface area contributed by atoms with Gasteiger partial charge in [0.05, 0.1) is 5.76 Å². The summed E-state index contributed by atoms with van der Waals surface area (Å²) in [7, 11) is 0. The van der Waals surface area contributed by atoms with Crippen molar-refractivity contribution in [2.24, 2.45) is 0 Å². The molecule has 1 heteroatoms. The van der Waals surface area contributed by atoms with Crippen LogP contribution in [0.4, 0.5) is 0 Å². The van der Waals surface area contributed by atoms with Gasteiger partial charge in [-0.15, -0.1) is 6.42 Å². The van der Waals surface area contributed by atoms with Gasteiger partial charge >= 0.3 is 0 Å². The average Bonchev–Trinajstić information content (AvgIpc) is 2.73. The van der Waals surface area contributed by atoms with Crippen LogP contribution in [0.5, 0.6) is 0 Å². The summed E-state index contributed by atoms with van der Waals surface area (Å²) in [6.45, 7) is 22.5. The molecule has 0 aromatic heterocycles. The number of hydrogen-bond donors (Lipinski definition) is 0. The zero-order chi connectivity index (χ0) is 21.1. The Labute approximate surface area is 166 Å². The highest BCUT2D eigenvalue weighted by Gasteiger charge is 1.96. The second kappa shape index (κ2) is 17.8. The Balaban J connectivity index is 0. The third-order valence-electron chi connectivity index (χ3n) is 3.27. The van der Waals surface area contributed by atoms with Crippen molar-refractivity contribution < 1.29 is 4.74 Å². The molecule has 0 N–H and O–H groups in total. The van der Waals surface area contributed by atoms with Crippen LogP contribution >= 0.6 is 0 Å². The highest BCUT2D eigenvalue weighted by Crippen LogP contribution is 2.19. The summed E-state index contributed by atoms with van der Waals surface area (Å²) in [4.78, 5) is 0. The molecule has 0 aliphatic rings. The SMILES string of the molecule is C#CCOC(=C)CC.C=CC=C.C=Cc1cc2ccccc2cc1C.CC. The van der Waals surface area contributed by atoms with E-state index < -0.39 is 0 Å². The maximum absolute atomic E-state index is 4.92. The van der Waals surface area contributed by atoms with E-state index in [1.807, 2.05) is 26.8 Å². The van der Waals surface area contributed by atoms with Crippen molar-refractivity contribution in [2.75, 3.05) is 6.61 Å². The number of rotatable bonds is 5. The number of allylic oxidation sites excluding steroid dienone is 3. The highest BCUT2D eigenvalue weighted by atomic mass is 16.5. The lowest BCUT2D eigenvalue weighted by atomic mass is 10.0. The molecule has 0 saturated carbocycles. The van der Waals surface area contributed by atoms with Gasteiger partial charge < -0.3 is 4.74 Å². The first-order valence-corrected chi connectivity index (χ1v) is 9.13. The summed E-state index contributed by atoms with van der Waals surface area (Å²) in [6, 6.07) is 12.8. The van der Waals surface area contributed by atoms with Crippen LogP contribution in [0.3, 0.4) is 0 Å². The van der Waals surface area contributed by atoms with Crippen LogP contribution in [-0.2, 0) is 4.74 Å². The van der Waals surface area contributed by atoms with Gasteiger partial charge in [0.15, 0.2) is 0 Å². The van der Waals surface area contributed by atoms with Gasteiger partial charge in [0.2, 0.25) is 0 Å². The molecule has 0 unspecified atom stereocenters. The first kappa shape index (κ1) is 26.3. The van der Waals surface area contributed by atoms with Gasteiger partial charge in [0.1, 0.15) is 6.61 Å². The van der Waals surface area contributed by atoms with Crippen molar-refractivity contribution in [3.05, 3.63) is 91.8 Å². The second-order valence-electron chi connectivity index (χ2n) is 5.12. The third kappa shape index (κ3) is 12.1. The molecular weight excluding hydrogens is 328 g/mol. The zero-order valence-electron chi connectivity index (χ0n) is 17.4. The zero-order valence-corrected chi connectivity index (χ0v) is 17.4. The van der Waals surface area contributed by atoms with Crippen LogP contribution in [0.2, 0.25) is 0 Å². The van der Waals surface area contributed by atoms with E-state index in [1.165, 1.54) is 21.9 Å². The van der Waals surface area contributed by atoms with E-state index in [0.29, 0.717) is 6.61 Å². The van der Waals surface area contributed by atoms with Gasteiger partial charge in [-0.2, -0.15) is 0 Å². The monoisotopic (exact) mass is 362 g/mol. The molecule has 0 amide bonds. The summed E-state index contributed by atoms with van der Waals surface area (Å²) >= 11 is 0. The molecule has 2 aromatic rings. The number of aryl methyl sites for hydroxylation is 1. The van der Waals surface area contributed by atoms with Crippen molar-refractivity contribution >= 4 is 16.8 Å². The van der Waals surface area contributed by atoms with Gasteiger partial charge in [-0.25, -0.2) is 0 Å². The van der Waals surface area contributed by atoms with Gasteiger partial charge in [-0.05, 0) is 34.9 Å². The van der Waals surface area contributed by atoms with Crippen LogP contribution in [0.1, 0.15) is 38.3 Å². The molecule has 0 spiro atoms.